The van der Waals surface area contributed by atoms with Crippen LogP contribution in [-0.4, -0.2) is 21.9 Å². The second-order valence-corrected chi connectivity index (χ2v) is 4.48. The number of hydrogen-bond acceptors (Lipinski definition) is 4. The molecule has 0 aliphatic rings. The van der Waals surface area contributed by atoms with Crippen LogP contribution in [0.5, 0.6) is 5.75 Å². The summed E-state index contributed by atoms with van der Waals surface area (Å²) in [7, 11) is 0. The van der Waals surface area contributed by atoms with Gasteiger partial charge in [-0.15, -0.1) is 0 Å². The molecule has 19 heavy (non-hydrogen) atoms. The van der Waals surface area contributed by atoms with Crippen LogP contribution in [0, 0.1) is 6.92 Å². The maximum atomic E-state index is 12.4. The first-order valence-corrected chi connectivity index (χ1v) is 6.18. The van der Waals surface area contributed by atoms with E-state index in [0.29, 0.717) is 22.8 Å². The summed E-state index contributed by atoms with van der Waals surface area (Å²) in [5.74, 6) is 1.01. The normalized spacial score (nSPS) is 10.5. The van der Waals surface area contributed by atoms with Gasteiger partial charge >= 0.3 is 0 Å². The van der Waals surface area contributed by atoms with Gasteiger partial charge in [-0.2, -0.15) is 0 Å². The molecular weight excluding hydrogens is 240 g/mol. The molecular formula is C15H16N2O2. The second kappa shape index (κ2) is 5.61. The molecule has 1 heterocycles. The van der Waals surface area contributed by atoms with Crippen molar-refractivity contribution in [2.24, 2.45) is 0 Å². The van der Waals surface area contributed by atoms with Crippen LogP contribution in [0.3, 0.4) is 0 Å². The Morgan fingerprint density at radius 2 is 1.95 bits per heavy atom. The van der Waals surface area contributed by atoms with Crippen LogP contribution in [0.15, 0.2) is 36.5 Å². The van der Waals surface area contributed by atoms with Crippen LogP contribution in [-0.2, 0) is 0 Å². The summed E-state index contributed by atoms with van der Waals surface area (Å²) in [6.07, 6.45) is 1.60. The summed E-state index contributed by atoms with van der Waals surface area (Å²) in [6.45, 7) is 5.61. The van der Waals surface area contributed by atoms with Crippen LogP contribution in [0.25, 0.3) is 0 Å². The van der Waals surface area contributed by atoms with Crippen molar-refractivity contribution in [3.8, 4) is 5.75 Å². The Kier molecular flexibility index (Phi) is 3.90. The monoisotopic (exact) mass is 256 g/mol. The molecule has 0 radical (unpaired) electrons. The molecule has 4 nitrogen and oxygen atoms in total. The van der Waals surface area contributed by atoms with Crippen LogP contribution >= 0.6 is 0 Å². The van der Waals surface area contributed by atoms with Gasteiger partial charge in [0.1, 0.15) is 17.3 Å². The van der Waals surface area contributed by atoms with Crippen molar-refractivity contribution in [1.82, 2.24) is 9.97 Å². The number of aryl methyl sites for hydroxylation is 1. The summed E-state index contributed by atoms with van der Waals surface area (Å²) < 4.78 is 5.65. The number of rotatable bonds is 4. The lowest BCUT2D eigenvalue weighted by molar-refractivity contribution is 0.102. The summed E-state index contributed by atoms with van der Waals surface area (Å²) in [6, 6.07) is 8.81. The van der Waals surface area contributed by atoms with Gasteiger partial charge in [-0.25, -0.2) is 9.97 Å². The largest absolute Gasteiger partial charge is 0.490 e. The molecule has 0 aliphatic carbocycles. The lowest BCUT2D eigenvalue weighted by Crippen LogP contribution is -2.12. The Hall–Kier alpha value is -2.23. The molecule has 0 saturated heterocycles. The molecule has 0 bridgehead atoms. The predicted octanol–water partition coefficient (Wildman–Crippen LogP) is 2.80. The average Bonchev–Trinajstić information content (AvgIpc) is 2.38. The first kappa shape index (κ1) is 13.2. The number of hydrogen-bond donors (Lipinski definition) is 0. The molecule has 0 atom stereocenters. The minimum absolute atomic E-state index is 0.0149. The molecule has 4 heteroatoms. The third-order valence-corrected chi connectivity index (χ3v) is 2.50. The van der Waals surface area contributed by atoms with Gasteiger partial charge in [0.05, 0.1) is 11.7 Å². The maximum Gasteiger partial charge on any atom is 0.215 e. The number of ether oxygens (including phenoxy) is 1. The fourth-order valence-electron chi connectivity index (χ4n) is 1.73. The molecule has 0 aliphatic heterocycles. The van der Waals surface area contributed by atoms with Crippen molar-refractivity contribution in [3.05, 3.63) is 53.6 Å². The van der Waals surface area contributed by atoms with E-state index in [0.717, 1.165) is 0 Å². The van der Waals surface area contributed by atoms with Crippen LogP contribution in [0.1, 0.15) is 35.7 Å². The Balaban J connectivity index is 2.39. The quantitative estimate of drug-likeness (QED) is 0.789. The van der Waals surface area contributed by atoms with E-state index in [4.69, 9.17) is 4.74 Å². The lowest BCUT2D eigenvalue weighted by atomic mass is 10.1. The number of benzene rings is 1. The fourth-order valence-corrected chi connectivity index (χ4v) is 1.73. The van der Waals surface area contributed by atoms with E-state index in [1.54, 1.807) is 31.3 Å². The van der Waals surface area contributed by atoms with Gasteiger partial charge in [0, 0.05) is 6.20 Å². The maximum absolute atomic E-state index is 12.4. The standard InChI is InChI=1S/C15H16N2O2/c1-10(2)19-14-7-5-4-6-12(14)15(18)13-8-9-16-11(3)17-13/h4-10H,1-3H3. The van der Waals surface area contributed by atoms with E-state index in [-0.39, 0.29) is 11.9 Å². The highest BCUT2D eigenvalue weighted by atomic mass is 16.5. The Morgan fingerprint density at radius 3 is 2.63 bits per heavy atom. The number of aromatic nitrogens is 2. The molecule has 0 spiro atoms. The Bertz CT molecular complexity index is 594. The first-order valence-electron chi connectivity index (χ1n) is 6.18. The van der Waals surface area contributed by atoms with Crippen LogP contribution in [0.2, 0.25) is 0 Å². The van der Waals surface area contributed by atoms with Crippen molar-refractivity contribution < 1.29 is 9.53 Å². The molecule has 1 aromatic carbocycles. The van der Waals surface area contributed by atoms with E-state index < -0.39 is 0 Å². The number of para-hydroxylation sites is 1. The fraction of sp³-hybridized carbons (Fsp3) is 0.267. The van der Waals surface area contributed by atoms with Gasteiger partial charge in [0.15, 0.2) is 0 Å². The Labute approximate surface area is 112 Å². The van der Waals surface area contributed by atoms with Gasteiger partial charge < -0.3 is 4.74 Å². The van der Waals surface area contributed by atoms with Gasteiger partial charge in [-0.3, -0.25) is 4.79 Å². The zero-order valence-corrected chi connectivity index (χ0v) is 11.3. The van der Waals surface area contributed by atoms with Gasteiger partial charge in [0.2, 0.25) is 5.78 Å². The second-order valence-electron chi connectivity index (χ2n) is 4.48. The van der Waals surface area contributed by atoms with Crippen molar-refractivity contribution in [2.45, 2.75) is 26.9 Å². The van der Waals surface area contributed by atoms with E-state index >= 15 is 0 Å². The molecule has 0 fully saturated rings. The molecule has 98 valence electrons. The van der Waals surface area contributed by atoms with Crippen molar-refractivity contribution in [2.75, 3.05) is 0 Å². The minimum atomic E-state index is -0.151. The first-order chi connectivity index (χ1) is 9.08. The number of nitrogens with zero attached hydrogens (tertiary/aromatic N) is 2. The highest BCUT2D eigenvalue weighted by molar-refractivity contribution is 6.09. The Morgan fingerprint density at radius 1 is 1.21 bits per heavy atom. The molecule has 0 N–H and O–H groups in total. The van der Waals surface area contributed by atoms with E-state index in [1.807, 2.05) is 26.0 Å². The molecule has 2 rings (SSSR count). The lowest BCUT2D eigenvalue weighted by Gasteiger charge is -2.13. The van der Waals surface area contributed by atoms with Crippen LogP contribution < -0.4 is 4.74 Å². The van der Waals surface area contributed by atoms with E-state index in [1.165, 1.54) is 0 Å². The van der Waals surface area contributed by atoms with Gasteiger partial charge in [-0.05, 0) is 39.0 Å². The zero-order valence-electron chi connectivity index (χ0n) is 11.3. The summed E-state index contributed by atoms with van der Waals surface area (Å²) in [5, 5.41) is 0. The topological polar surface area (TPSA) is 52.1 Å². The van der Waals surface area contributed by atoms with Crippen molar-refractivity contribution in [3.63, 3.8) is 0 Å². The summed E-state index contributed by atoms with van der Waals surface area (Å²) in [5.41, 5.74) is 0.904. The number of ketones is 1. The zero-order chi connectivity index (χ0) is 13.8. The van der Waals surface area contributed by atoms with Gasteiger partial charge in [0.25, 0.3) is 0 Å². The smallest absolute Gasteiger partial charge is 0.215 e. The van der Waals surface area contributed by atoms with Crippen molar-refractivity contribution >= 4 is 5.78 Å². The molecule has 1 aromatic heterocycles. The third-order valence-electron chi connectivity index (χ3n) is 2.50. The van der Waals surface area contributed by atoms with Gasteiger partial charge in [-0.1, -0.05) is 12.1 Å². The molecule has 2 aromatic rings. The highest BCUT2D eigenvalue weighted by Gasteiger charge is 2.16. The average molecular weight is 256 g/mol. The third kappa shape index (κ3) is 3.16. The number of carbonyl (C=O) groups excluding carboxylic acids is 1. The summed E-state index contributed by atoms with van der Waals surface area (Å²) >= 11 is 0. The minimum Gasteiger partial charge on any atom is -0.490 e. The molecule has 0 unspecified atom stereocenters. The summed E-state index contributed by atoms with van der Waals surface area (Å²) in [4.78, 5) is 20.6. The highest BCUT2D eigenvalue weighted by Crippen LogP contribution is 2.21. The SMILES string of the molecule is Cc1nccc(C(=O)c2ccccc2OC(C)C)n1. The number of carbonyl (C=O) groups is 1. The predicted molar refractivity (Wildman–Crippen MR) is 72.4 cm³/mol. The van der Waals surface area contributed by atoms with E-state index in [2.05, 4.69) is 9.97 Å². The molecule has 0 amide bonds. The van der Waals surface area contributed by atoms with Crippen LogP contribution in [0.4, 0.5) is 0 Å². The van der Waals surface area contributed by atoms with E-state index in [9.17, 15) is 4.79 Å². The molecule has 0 saturated carbocycles. The van der Waals surface area contributed by atoms with Crippen molar-refractivity contribution in [1.29, 1.82) is 0 Å².